The van der Waals surface area contributed by atoms with Gasteiger partial charge in [0.2, 0.25) is 0 Å². The van der Waals surface area contributed by atoms with Gasteiger partial charge < -0.3 is 20.3 Å². The molecule has 20 heavy (non-hydrogen) atoms. The van der Waals surface area contributed by atoms with Crippen molar-refractivity contribution in [1.82, 2.24) is 15.5 Å². The van der Waals surface area contributed by atoms with Gasteiger partial charge in [-0.1, -0.05) is 28.1 Å². The van der Waals surface area contributed by atoms with Crippen LogP contribution in [0.1, 0.15) is 5.56 Å². The number of ether oxygens (including phenoxy) is 1. The molecule has 0 aliphatic carbocycles. The minimum absolute atomic E-state index is 0.0116. The average Bonchev–Trinajstić information content (AvgIpc) is 2.45. The first-order valence-electron chi connectivity index (χ1n) is 6.79. The molecule has 0 unspecified atom stereocenters. The summed E-state index contributed by atoms with van der Waals surface area (Å²) < 4.78 is 6.81. The number of nitrogens with one attached hydrogen (secondary N) is 2. The Hall–Kier alpha value is -1.11. The van der Waals surface area contributed by atoms with E-state index in [1.165, 1.54) is 0 Å². The number of hydrogen-bond donors (Lipinski definition) is 2. The fourth-order valence-corrected chi connectivity index (χ4v) is 2.79. The first kappa shape index (κ1) is 13.9. The number of carbonyl (C=O) groups excluding carboxylic acids is 1. The van der Waals surface area contributed by atoms with E-state index in [0.29, 0.717) is 26.2 Å². The van der Waals surface area contributed by atoms with Gasteiger partial charge in [0, 0.05) is 30.7 Å². The zero-order valence-electron chi connectivity index (χ0n) is 11.2. The minimum atomic E-state index is -0.146. The largest absolute Gasteiger partial charge is 0.369 e. The smallest absolute Gasteiger partial charge is 0.317 e. The van der Waals surface area contributed by atoms with Crippen molar-refractivity contribution in [1.29, 1.82) is 0 Å². The summed E-state index contributed by atoms with van der Waals surface area (Å²) in [5.41, 5.74) is 0.947. The Labute approximate surface area is 126 Å². The van der Waals surface area contributed by atoms with Gasteiger partial charge in [-0.15, -0.1) is 0 Å². The Morgan fingerprint density at radius 1 is 1.40 bits per heavy atom. The maximum atomic E-state index is 12.2. The van der Waals surface area contributed by atoms with Crippen molar-refractivity contribution < 1.29 is 9.53 Å². The molecule has 0 aromatic heterocycles. The van der Waals surface area contributed by atoms with Crippen molar-refractivity contribution in [2.24, 2.45) is 0 Å². The third-order valence-electron chi connectivity index (χ3n) is 3.79. The maximum absolute atomic E-state index is 12.2. The molecular formula is C14H18BrN3O2. The van der Waals surface area contributed by atoms with Crippen molar-refractivity contribution in [2.45, 2.75) is 12.1 Å². The van der Waals surface area contributed by atoms with Gasteiger partial charge in [0.15, 0.2) is 0 Å². The Morgan fingerprint density at radius 2 is 2.15 bits per heavy atom. The first-order valence-corrected chi connectivity index (χ1v) is 7.58. The minimum Gasteiger partial charge on any atom is -0.369 e. The molecule has 6 heteroatoms. The van der Waals surface area contributed by atoms with E-state index in [4.69, 9.17) is 4.74 Å². The number of carbonyl (C=O) groups is 1. The number of morpholine rings is 1. The number of nitrogens with zero attached hydrogens (tertiary/aromatic N) is 1. The van der Waals surface area contributed by atoms with E-state index in [0.717, 1.165) is 23.1 Å². The monoisotopic (exact) mass is 339 g/mol. The second-order valence-corrected chi connectivity index (χ2v) is 6.26. The summed E-state index contributed by atoms with van der Waals surface area (Å²) in [5, 5.41) is 6.18. The molecule has 1 spiro atoms. The van der Waals surface area contributed by atoms with Crippen LogP contribution in [0.3, 0.4) is 0 Å². The van der Waals surface area contributed by atoms with Gasteiger partial charge in [-0.05, 0) is 17.7 Å². The van der Waals surface area contributed by atoms with E-state index in [2.05, 4.69) is 26.6 Å². The van der Waals surface area contributed by atoms with Crippen molar-refractivity contribution in [3.63, 3.8) is 0 Å². The maximum Gasteiger partial charge on any atom is 0.317 e. The molecule has 1 aromatic carbocycles. The van der Waals surface area contributed by atoms with Crippen LogP contribution in [0.5, 0.6) is 0 Å². The van der Waals surface area contributed by atoms with Crippen LogP contribution in [-0.2, 0) is 11.3 Å². The summed E-state index contributed by atoms with van der Waals surface area (Å²) in [7, 11) is 0. The van der Waals surface area contributed by atoms with Gasteiger partial charge in [-0.2, -0.15) is 0 Å². The molecule has 2 amide bonds. The van der Waals surface area contributed by atoms with Crippen molar-refractivity contribution in [2.75, 3.05) is 32.8 Å². The number of amides is 2. The fourth-order valence-electron chi connectivity index (χ4n) is 2.53. The Morgan fingerprint density at radius 3 is 2.80 bits per heavy atom. The van der Waals surface area contributed by atoms with E-state index in [-0.39, 0.29) is 11.6 Å². The topological polar surface area (TPSA) is 53.6 Å². The molecule has 0 bridgehead atoms. The molecule has 5 nitrogen and oxygen atoms in total. The predicted molar refractivity (Wildman–Crippen MR) is 79.5 cm³/mol. The van der Waals surface area contributed by atoms with Crippen molar-refractivity contribution in [3.8, 4) is 0 Å². The molecule has 3 rings (SSSR count). The van der Waals surface area contributed by atoms with Gasteiger partial charge in [-0.25, -0.2) is 4.79 Å². The second kappa shape index (κ2) is 5.71. The fraction of sp³-hybridized carbons (Fsp3) is 0.500. The Balaban J connectivity index is 1.52. The molecule has 2 fully saturated rings. The normalized spacial score (nSPS) is 20.6. The van der Waals surface area contributed by atoms with E-state index in [1.54, 1.807) is 0 Å². The number of urea groups is 1. The molecule has 0 radical (unpaired) electrons. The van der Waals surface area contributed by atoms with Gasteiger partial charge in [0.1, 0.15) is 5.60 Å². The lowest BCUT2D eigenvalue weighted by Crippen LogP contribution is -2.69. The number of rotatable bonds is 2. The lowest BCUT2D eigenvalue weighted by atomic mass is 9.95. The Bertz CT molecular complexity index is 488. The van der Waals surface area contributed by atoms with Crippen LogP contribution >= 0.6 is 15.9 Å². The molecule has 108 valence electrons. The van der Waals surface area contributed by atoms with Crippen LogP contribution in [0.15, 0.2) is 28.7 Å². The van der Waals surface area contributed by atoms with Crippen LogP contribution in [0.2, 0.25) is 0 Å². The summed E-state index contributed by atoms with van der Waals surface area (Å²) in [5.74, 6) is 0. The summed E-state index contributed by atoms with van der Waals surface area (Å²) in [6, 6.07) is 7.95. The van der Waals surface area contributed by atoms with Crippen LogP contribution in [0, 0.1) is 0 Å². The second-order valence-electron chi connectivity index (χ2n) is 5.34. The summed E-state index contributed by atoms with van der Waals surface area (Å²) in [4.78, 5) is 14.0. The van der Waals surface area contributed by atoms with Gasteiger partial charge in [0.05, 0.1) is 13.2 Å². The van der Waals surface area contributed by atoms with Crippen LogP contribution in [0.4, 0.5) is 4.79 Å². The van der Waals surface area contributed by atoms with E-state index in [1.807, 2.05) is 29.2 Å². The third-order valence-corrected chi connectivity index (χ3v) is 4.32. The van der Waals surface area contributed by atoms with Crippen LogP contribution in [0.25, 0.3) is 0 Å². The molecule has 0 atom stereocenters. The molecule has 0 saturated carbocycles. The SMILES string of the molecule is O=C(NCc1ccc(Br)cc1)N1CCOC2(CNC2)C1. The number of halogens is 1. The highest BCUT2D eigenvalue weighted by Gasteiger charge is 2.43. The Kier molecular flexibility index (Phi) is 3.96. The standard InChI is InChI=1S/C14H18BrN3O2/c15-12-3-1-11(2-4-12)7-17-13(19)18-5-6-20-14(10-18)8-16-9-14/h1-4,16H,5-10H2,(H,17,19). The molecule has 2 saturated heterocycles. The third kappa shape index (κ3) is 2.97. The van der Waals surface area contributed by atoms with Crippen LogP contribution in [-0.4, -0.2) is 49.3 Å². The highest BCUT2D eigenvalue weighted by Crippen LogP contribution is 2.22. The van der Waals surface area contributed by atoms with E-state index < -0.39 is 0 Å². The van der Waals surface area contributed by atoms with E-state index in [9.17, 15) is 4.79 Å². The van der Waals surface area contributed by atoms with Gasteiger partial charge in [-0.3, -0.25) is 0 Å². The highest BCUT2D eigenvalue weighted by molar-refractivity contribution is 9.10. The lowest BCUT2D eigenvalue weighted by molar-refractivity contribution is -0.125. The molecule has 1 aromatic rings. The molecule has 2 heterocycles. The van der Waals surface area contributed by atoms with E-state index >= 15 is 0 Å². The average molecular weight is 340 g/mol. The summed E-state index contributed by atoms with van der Waals surface area (Å²) >= 11 is 3.40. The lowest BCUT2D eigenvalue weighted by Gasteiger charge is -2.48. The van der Waals surface area contributed by atoms with Gasteiger partial charge >= 0.3 is 6.03 Å². The quantitative estimate of drug-likeness (QED) is 0.854. The highest BCUT2D eigenvalue weighted by atomic mass is 79.9. The number of benzene rings is 1. The first-order chi connectivity index (χ1) is 9.67. The zero-order valence-corrected chi connectivity index (χ0v) is 12.8. The molecule has 2 aliphatic rings. The molecule has 2 N–H and O–H groups in total. The predicted octanol–water partition coefficient (Wildman–Crippen LogP) is 1.33. The van der Waals surface area contributed by atoms with Crippen molar-refractivity contribution in [3.05, 3.63) is 34.3 Å². The van der Waals surface area contributed by atoms with Crippen LogP contribution < -0.4 is 10.6 Å². The number of hydrogen-bond acceptors (Lipinski definition) is 3. The summed E-state index contributed by atoms with van der Waals surface area (Å²) in [6.07, 6.45) is 0. The van der Waals surface area contributed by atoms with Crippen molar-refractivity contribution >= 4 is 22.0 Å². The molecular weight excluding hydrogens is 322 g/mol. The zero-order chi connectivity index (χ0) is 14.0. The molecule has 2 aliphatic heterocycles. The summed E-state index contributed by atoms with van der Waals surface area (Å²) in [6.45, 7) is 4.18. The van der Waals surface area contributed by atoms with Gasteiger partial charge in [0.25, 0.3) is 0 Å².